The van der Waals surface area contributed by atoms with Crippen LogP contribution in [0.4, 0.5) is 11.6 Å². The molecule has 4 heteroatoms. The minimum Gasteiger partial charge on any atom is -0.365 e. The molecular formula is C17H22ClN3. The number of nitrogens with one attached hydrogen (secondary N) is 1. The van der Waals surface area contributed by atoms with E-state index in [1.807, 2.05) is 49.5 Å². The van der Waals surface area contributed by atoms with Crippen molar-refractivity contribution in [1.82, 2.24) is 4.98 Å². The van der Waals surface area contributed by atoms with Gasteiger partial charge in [-0.15, -0.1) is 0 Å². The summed E-state index contributed by atoms with van der Waals surface area (Å²) in [7, 11) is 2.04. The quantitative estimate of drug-likeness (QED) is 0.896. The van der Waals surface area contributed by atoms with Crippen molar-refractivity contribution in [2.45, 2.75) is 32.9 Å². The molecule has 0 aliphatic heterocycles. The molecule has 0 spiro atoms. The van der Waals surface area contributed by atoms with Gasteiger partial charge in [-0.25, -0.2) is 4.98 Å². The summed E-state index contributed by atoms with van der Waals surface area (Å²) in [5.74, 6) is 1.84. The van der Waals surface area contributed by atoms with Gasteiger partial charge < -0.3 is 10.2 Å². The second-order valence-electron chi connectivity index (χ2n) is 6.24. The van der Waals surface area contributed by atoms with Crippen molar-refractivity contribution in [3.05, 3.63) is 53.1 Å². The largest absolute Gasteiger partial charge is 0.365 e. The van der Waals surface area contributed by atoms with Crippen molar-refractivity contribution in [2.24, 2.45) is 0 Å². The molecule has 0 amide bonds. The number of aromatic nitrogens is 1. The molecule has 1 heterocycles. The van der Waals surface area contributed by atoms with Crippen LogP contribution in [-0.2, 0) is 6.54 Å². The van der Waals surface area contributed by atoms with Gasteiger partial charge in [0.2, 0.25) is 0 Å². The van der Waals surface area contributed by atoms with Crippen LogP contribution in [0.5, 0.6) is 0 Å². The molecule has 3 nitrogen and oxygen atoms in total. The maximum Gasteiger partial charge on any atom is 0.130 e. The molecule has 2 aromatic rings. The molecule has 21 heavy (non-hydrogen) atoms. The van der Waals surface area contributed by atoms with E-state index in [1.165, 1.54) is 5.56 Å². The number of anilines is 2. The van der Waals surface area contributed by atoms with E-state index < -0.39 is 0 Å². The van der Waals surface area contributed by atoms with Gasteiger partial charge in [0, 0.05) is 24.2 Å². The van der Waals surface area contributed by atoms with Crippen LogP contribution in [0.3, 0.4) is 0 Å². The summed E-state index contributed by atoms with van der Waals surface area (Å²) in [6, 6.07) is 13.9. The zero-order chi connectivity index (χ0) is 15.5. The Morgan fingerprint density at radius 1 is 1.10 bits per heavy atom. The average Bonchev–Trinajstić information content (AvgIpc) is 2.40. The van der Waals surface area contributed by atoms with E-state index in [2.05, 4.69) is 36.0 Å². The molecule has 1 aromatic carbocycles. The van der Waals surface area contributed by atoms with Gasteiger partial charge in [0.15, 0.2) is 0 Å². The van der Waals surface area contributed by atoms with Crippen LogP contribution in [0.1, 0.15) is 26.3 Å². The van der Waals surface area contributed by atoms with Crippen LogP contribution >= 0.6 is 11.6 Å². The highest BCUT2D eigenvalue weighted by atomic mass is 35.5. The number of rotatable bonds is 4. The van der Waals surface area contributed by atoms with Crippen molar-refractivity contribution < 1.29 is 0 Å². The first kappa shape index (κ1) is 15.6. The van der Waals surface area contributed by atoms with Crippen LogP contribution in [0.15, 0.2) is 42.5 Å². The lowest BCUT2D eigenvalue weighted by molar-refractivity contribution is 0.630. The predicted octanol–water partition coefficient (Wildman–Crippen LogP) is 4.58. The Kier molecular flexibility index (Phi) is 4.73. The Morgan fingerprint density at radius 3 is 2.38 bits per heavy atom. The van der Waals surface area contributed by atoms with Crippen molar-refractivity contribution in [2.75, 3.05) is 17.3 Å². The maximum absolute atomic E-state index is 5.91. The number of nitrogens with zero attached hydrogens (tertiary/aromatic N) is 2. The van der Waals surface area contributed by atoms with Crippen LogP contribution in [0.2, 0.25) is 5.02 Å². The molecule has 1 aromatic heterocycles. The lowest BCUT2D eigenvalue weighted by Gasteiger charge is -2.23. The zero-order valence-electron chi connectivity index (χ0n) is 13.0. The lowest BCUT2D eigenvalue weighted by Crippen LogP contribution is -2.27. The van der Waals surface area contributed by atoms with E-state index in [0.717, 1.165) is 23.2 Å². The summed E-state index contributed by atoms with van der Waals surface area (Å²) in [6.07, 6.45) is 0. The molecule has 1 N–H and O–H groups in total. The molecule has 0 saturated carbocycles. The van der Waals surface area contributed by atoms with E-state index in [9.17, 15) is 0 Å². The molecule has 0 atom stereocenters. The smallest absolute Gasteiger partial charge is 0.130 e. The number of hydrogen-bond acceptors (Lipinski definition) is 3. The molecule has 2 rings (SSSR count). The predicted molar refractivity (Wildman–Crippen MR) is 91.2 cm³/mol. The molecule has 0 bridgehead atoms. The van der Waals surface area contributed by atoms with Crippen LogP contribution in [-0.4, -0.2) is 17.6 Å². The molecule has 0 fully saturated rings. The fourth-order valence-electron chi connectivity index (χ4n) is 2.03. The lowest BCUT2D eigenvalue weighted by atomic mass is 10.1. The average molecular weight is 304 g/mol. The number of benzene rings is 1. The minimum absolute atomic E-state index is 0.000371. The van der Waals surface area contributed by atoms with Gasteiger partial charge in [0.25, 0.3) is 0 Å². The van der Waals surface area contributed by atoms with Crippen LogP contribution in [0, 0.1) is 0 Å². The Balaban J connectivity index is 2.10. The summed E-state index contributed by atoms with van der Waals surface area (Å²) in [6.45, 7) is 7.17. The van der Waals surface area contributed by atoms with Crippen LogP contribution in [0.25, 0.3) is 0 Å². The second kappa shape index (κ2) is 6.35. The number of halogens is 1. The second-order valence-corrected chi connectivity index (χ2v) is 6.67. The van der Waals surface area contributed by atoms with Gasteiger partial charge in [-0.2, -0.15) is 0 Å². The fourth-order valence-corrected chi connectivity index (χ4v) is 2.16. The van der Waals surface area contributed by atoms with Gasteiger partial charge in [0.1, 0.15) is 11.6 Å². The SMILES string of the molecule is CN(Cc1ccc(Cl)cc1)c1cccc(NC(C)(C)C)n1. The normalized spacial score (nSPS) is 11.3. The highest BCUT2D eigenvalue weighted by Gasteiger charge is 2.11. The topological polar surface area (TPSA) is 28.2 Å². The summed E-state index contributed by atoms with van der Waals surface area (Å²) in [5, 5.41) is 4.15. The molecule has 0 aliphatic rings. The highest BCUT2D eigenvalue weighted by Crippen LogP contribution is 2.19. The molecule has 0 unspecified atom stereocenters. The van der Waals surface area contributed by atoms with E-state index in [1.54, 1.807) is 0 Å². The van der Waals surface area contributed by atoms with Crippen molar-refractivity contribution in [1.29, 1.82) is 0 Å². The minimum atomic E-state index is 0.000371. The van der Waals surface area contributed by atoms with Crippen LogP contribution < -0.4 is 10.2 Å². The molecule has 0 radical (unpaired) electrons. The third kappa shape index (κ3) is 4.94. The third-order valence-corrected chi connectivity index (χ3v) is 3.21. The fraction of sp³-hybridized carbons (Fsp3) is 0.353. The Morgan fingerprint density at radius 2 is 1.76 bits per heavy atom. The van der Waals surface area contributed by atoms with E-state index in [4.69, 9.17) is 11.6 Å². The monoisotopic (exact) mass is 303 g/mol. The molecule has 0 aliphatic carbocycles. The van der Waals surface area contributed by atoms with Gasteiger partial charge >= 0.3 is 0 Å². The Labute approximate surface area is 132 Å². The van der Waals surface area contributed by atoms with Gasteiger partial charge in [0.05, 0.1) is 0 Å². The summed E-state index contributed by atoms with van der Waals surface area (Å²) in [4.78, 5) is 6.78. The van der Waals surface area contributed by atoms with Gasteiger partial charge in [-0.3, -0.25) is 0 Å². The first-order valence-corrected chi connectivity index (χ1v) is 7.42. The van der Waals surface area contributed by atoms with E-state index in [0.29, 0.717) is 0 Å². The van der Waals surface area contributed by atoms with E-state index in [-0.39, 0.29) is 5.54 Å². The molecular weight excluding hydrogens is 282 g/mol. The summed E-state index contributed by atoms with van der Waals surface area (Å²) in [5.41, 5.74) is 1.21. The van der Waals surface area contributed by atoms with E-state index >= 15 is 0 Å². The first-order valence-electron chi connectivity index (χ1n) is 7.04. The Hall–Kier alpha value is -1.74. The van der Waals surface area contributed by atoms with Gasteiger partial charge in [-0.05, 0) is 50.6 Å². The molecule has 0 saturated heterocycles. The zero-order valence-corrected chi connectivity index (χ0v) is 13.8. The standard InChI is InChI=1S/C17H22ClN3/c1-17(2,3)20-15-6-5-7-16(19-15)21(4)12-13-8-10-14(18)11-9-13/h5-11H,12H2,1-4H3,(H,19,20). The highest BCUT2D eigenvalue weighted by molar-refractivity contribution is 6.30. The first-order chi connectivity index (χ1) is 9.83. The van der Waals surface area contributed by atoms with Crippen molar-refractivity contribution in [3.8, 4) is 0 Å². The third-order valence-electron chi connectivity index (χ3n) is 2.96. The Bertz CT molecular complexity index is 588. The summed E-state index contributed by atoms with van der Waals surface area (Å²) < 4.78 is 0. The molecule has 112 valence electrons. The van der Waals surface area contributed by atoms with Gasteiger partial charge in [-0.1, -0.05) is 29.8 Å². The van der Waals surface area contributed by atoms with Crippen molar-refractivity contribution in [3.63, 3.8) is 0 Å². The number of pyridine rings is 1. The maximum atomic E-state index is 5.91. The summed E-state index contributed by atoms with van der Waals surface area (Å²) >= 11 is 5.91. The van der Waals surface area contributed by atoms with Crippen molar-refractivity contribution >= 4 is 23.2 Å². The number of hydrogen-bond donors (Lipinski definition) is 1.